The predicted octanol–water partition coefficient (Wildman–Crippen LogP) is 1.96. The number of rotatable bonds is 4. The number of nitrogens with one attached hydrogen (secondary N) is 1. The van der Waals surface area contributed by atoms with Gasteiger partial charge in [0.1, 0.15) is 0 Å². The quantitative estimate of drug-likeness (QED) is 0.722. The molecule has 0 rings (SSSR count). The molecule has 0 aromatic rings. The first-order valence-electron chi connectivity index (χ1n) is 5.15. The van der Waals surface area contributed by atoms with Crippen LogP contribution in [0, 0.1) is 5.41 Å². The van der Waals surface area contributed by atoms with E-state index in [-0.39, 0.29) is 0 Å². The molecule has 0 radical (unpaired) electrons. The van der Waals surface area contributed by atoms with Gasteiger partial charge < -0.3 is 10.2 Å². The SMILES string of the molecule is CC(C)NCC(N(C)C)C(C)(C)C. The van der Waals surface area contributed by atoms with E-state index < -0.39 is 0 Å². The number of hydrogen-bond donors (Lipinski definition) is 1. The molecule has 0 saturated heterocycles. The second kappa shape index (κ2) is 4.97. The lowest BCUT2D eigenvalue weighted by Crippen LogP contribution is -2.47. The van der Waals surface area contributed by atoms with Crippen molar-refractivity contribution in [2.24, 2.45) is 5.41 Å². The Labute approximate surface area is 83.7 Å². The van der Waals surface area contributed by atoms with Gasteiger partial charge in [-0.1, -0.05) is 34.6 Å². The Morgan fingerprint density at radius 2 is 1.62 bits per heavy atom. The highest BCUT2D eigenvalue weighted by atomic mass is 15.1. The van der Waals surface area contributed by atoms with Crippen LogP contribution in [0.15, 0.2) is 0 Å². The first-order valence-corrected chi connectivity index (χ1v) is 5.15. The van der Waals surface area contributed by atoms with Gasteiger partial charge in [0.05, 0.1) is 0 Å². The van der Waals surface area contributed by atoms with Crippen LogP contribution in [-0.4, -0.2) is 37.6 Å². The fraction of sp³-hybridized carbons (Fsp3) is 1.00. The van der Waals surface area contributed by atoms with E-state index in [1.807, 2.05) is 0 Å². The molecule has 1 unspecified atom stereocenters. The smallest absolute Gasteiger partial charge is 0.0263 e. The maximum atomic E-state index is 3.49. The van der Waals surface area contributed by atoms with Crippen LogP contribution in [-0.2, 0) is 0 Å². The fourth-order valence-electron chi connectivity index (χ4n) is 1.61. The molecule has 1 N–H and O–H groups in total. The largest absolute Gasteiger partial charge is 0.313 e. The minimum atomic E-state index is 0.339. The van der Waals surface area contributed by atoms with Gasteiger partial charge in [-0.2, -0.15) is 0 Å². The highest BCUT2D eigenvalue weighted by Gasteiger charge is 2.25. The monoisotopic (exact) mass is 186 g/mol. The van der Waals surface area contributed by atoms with Crippen molar-refractivity contribution < 1.29 is 0 Å². The van der Waals surface area contributed by atoms with Crippen LogP contribution in [0.5, 0.6) is 0 Å². The molecule has 0 aliphatic rings. The third-order valence-corrected chi connectivity index (χ3v) is 2.34. The second-order valence-corrected chi connectivity index (χ2v) is 5.41. The van der Waals surface area contributed by atoms with Gasteiger partial charge >= 0.3 is 0 Å². The lowest BCUT2D eigenvalue weighted by Gasteiger charge is -2.36. The Morgan fingerprint density at radius 3 is 1.85 bits per heavy atom. The first-order chi connectivity index (χ1) is 5.75. The molecule has 0 saturated carbocycles. The van der Waals surface area contributed by atoms with Crippen LogP contribution in [0.4, 0.5) is 0 Å². The van der Waals surface area contributed by atoms with E-state index in [1.165, 1.54) is 0 Å². The van der Waals surface area contributed by atoms with Crippen molar-refractivity contribution in [1.82, 2.24) is 10.2 Å². The molecule has 0 aromatic heterocycles. The summed E-state index contributed by atoms with van der Waals surface area (Å²) >= 11 is 0. The van der Waals surface area contributed by atoms with E-state index in [1.54, 1.807) is 0 Å². The zero-order valence-electron chi connectivity index (χ0n) is 10.3. The summed E-state index contributed by atoms with van der Waals surface area (Å²) in [5.74, 6) is 0. The van der Waals surface area contributed by atoms with Crippen LogP contribution in [0.3, 0.4) is 0 Å². The minimum Gasteiger partial charge on any atom is -0.313 e. The predicted molar refractivity (Wildman–Crippen MR) is 60.1 cm³/mol. The van der Waals surface area contributed by atoms with Crippen molar-refractivity contribution in [3.63, 3.8) is 0 Å². The molecule has 0 aliphatic carbocycles. The van der Waals surface area contributed by atoms with Crippen molar-refractivity contribution >= 4 is 0 Å². The normalized spacial score (nSPS) is 15.5. The van der Waals surface area contributed by atoms with E-state index in [9.17, 15) is 0 Å². The molecule has 0 fully saturated rings. The van der Waals surface area contributed by atoms with E-state index >= 15 is 0 Å². The van der Waals surface area contributed by atoms with Crippen LogP contribution < -0.4 is 5.32 Å². The van der Waals surface area contributed by atoms with Gasteiger partial charge in [-0.25, -0.2) is 0 Å². The molecule has 2 heteroatoms. The van der Waals surface area contributed by atoms with Gasteiger partial charge in [0, 0.05) is 18.6 Å². The topological polar surface area (TPSA) is 15.3 Å². The second-order valence-electron chi connectivity index (χ2n) is 5.41. The highest BCUT2D eigenvalue weighted by Crippen LogP contribution is 2.22. The average molecular weight is 186 g/mol. The van der Waals surface area contributed by atoms with Crippen molar-refractivity contribution in [3.8, 4) is 0 Å². The summed E-state index contributed by atoms with van der Waals surface area (Å²) in [6, 6.07) is 1.17. The Balaban J connectivity index is 4.12. The number of likely N-dealkylation sites (N-methyl/N-ethyl adjacent to an activating group) is 1. The molecule has 0 spiro atoms. The van der Waals surface area contributed by atoms with Gasteiger partial charge in [0.15, 0.2) is 0 Å². The Hall–Kier alpha value is -0.0800. The standard InChI is InChI=1S/C11H26N2/c1-9(2)12-8-10(13(6)7)11(3,4)5/h9-10,12H,8H2,1-7H3. The maximum absolute atomic E-state index is 3.49. The molecule has 1 atom stereocenters. The van der Waals surface area contributed by atoms with Crippen molar-refractivity contribution in [2.75, 3.05) is 20.6 Å². The van der Waals surface area contributed by atoms with E-state index in [4.69, 9.17) is 0 Å². The molecule has 13 heavy (non-hydrogen) atoms. The summed E-state index contributed by atoms with van der Waals surface area (Å²) < 4.78 is 0. The van der Waals surface area contributed by atoms with Crippen molar-refractivity contribution in [1.29, 1.82) is 0 Å². The van der Waals surface area contributed by atoms with Gasteiger partial charge in [0.2, 0.25) is 0 Å². The number of nitrogens with zero attached hydrogens (tertiary/aromatic N) is 1. The third kappa shape index (κ3) is 5.27. The first kappa shape index (κ1) is 12.9. The Bertz CT molecular complexity index is 134. The van der Waals surface area contributed by atoms with Gasteiger partial charge in [-0.05, 0) is 19.5 Å². The van der Waals surface area contributed by atoms with Crippen molar-refractivity contribution in [2.45, 2.75) is 46.7 Å². The molecule has 80 valence electrons. The average Bonchev–Trinajstić information content (AvgIpc) is 1.81. The molecule has 0 aromatic carbocycles. The lowest BCUT2D eigenvalue weighted by molar-refractivity contribution is 0.147. The summed E-state index contributed by atoms with van der Waals surface area (Å²) in [5.41, 5.74) is 0.339. The molecule has 0 aliphatic heterocycles. The zero-order chi connectivity index (χ0) is 10.6. The summed E-state index contributed by atoms with van der Waals surface area (Å²) in [7, 11) is 4.30. The molecular weight excluding hydrogens is 160 g/mol. The summed E-state index contributed by atoms with van der Waals surface area (Å²) in [5, 5.41) is 3.49. The summed E-state index contributed by atoms with van der Waals surface area (Å²) in [6.07, 6.45) is 0. The van der Waals surface area contributed by atoms with E-state index in [0.29, 0.717) is 17.5 Å². The van der Waals surface area contributed by atoms with Gasteiger partial charge in [0.25, 0.3) is 0 Å². The van der Waals surface area contributed by atoms with Crippen LogP contribution in [0.1, 0.15) is 34.6 Å². The van der Waals surface area contributed by atoms with Gasteiger partial charge in [-0.3, -0.25) is 0 Å². The van der Waals surface area contributed by atoms with Gasteiger partial charge in [-0.15, -0.1) is 0 Å². The van der Waals surface area contributed by atoms with E-state index in [0.717, 1.165) is 6.54 Å². The Kier molecular flexibility index (Phi) is 4.93. The van der Waals surface area contributed by atoms with Crippen LogP contribution in [0.25, 0.3) is 0 Å². The maximum Gasteiger partial charge on any atom is 0.0263 e. The molecule has 2 nitrogen and oxygen atoms in total. The summed E-state index contributed by atoms with van der Waals surface area (Å²) in [6.45, 7) is 12.3. The summed E-state index contributed by atoms with van der Waals surface area (Å²) in [4.78, 5) is 2.30. The fourth-order valence-corrected chi connectivity index (χ4v) is 1.61. The number of hydrogen-bond acceptors (Lipinski definition) is 2. The molecule has 0 amide bonds. The minimum absolute atomic E-state index is 0.339. The lowest BCUT2D eigenvalue weighted by atomic mass is 9.86. The molecular formula is C11H26N2. The molecule has 0 heterocycles. The van der Waals surface area contributed by atoms with E-state index in [2.05, 4.69) is 58.9 Å². The highest BCUT2D eigenvalue weighted by molar-refractivity contribution is 4.82. The van der Waals surface area contributed by atoms with Crippen LogP contribution >= 0.6 is 0 Å². The Morgan fingerprint density at radius 1 is 1.15 bits per heavy atom. The van der Waals surface area contributed by atoms with Crippen LogP contribution in [0.2, 0.25) is 0 Å². The molecule has 0 bridgehead atoms. The zero-order valence-corrected chi connectivity index (χ0v) is 10.3. The third-order valence-electron chi connectivity index (χ3n) is 2.34. The van der Waals surface area contributed by atoms with Crippen molar-refractivity contribution in [3.05, 3.63) is 0 Å².